The molecular weight excluding hydrogens is 378 g/mol. The highest BCUT2D eigenvalue weighted by Crippen LogP contribution is 2.22. The summed E-state index contributed by atoms with van der Waals surface area (Å²) >= 11 is 0. The summed E-state index contributed by atoms with van der Waals surface area (Å²) in [5.41, 5.74) is 2.30. The molecule has 2 atom stereocenters. The lowest BCUT2D eigenvalue weighted by Crippen LogP contribution is -2.31. The van der Waals surface area contributed by atoms with Crippen LogP contribution < -0.4 is 10.6 Å². The Balaban J connectivity index is 0.00000280. The lowest BCUT2D eigenvalue weighted by Gasteiger charge is -2.23. The first kappa shape index (κ1) is 22.3. The number of carbonyl (C=O) groups is 1. The minimum absolute atomic E-state index is 0. The molecule has 2 heterocycles. The van der Waals surface area contributed by atoms with Crippen LogP contribution in [0.1, 0.15) is 59.9 Å². The number of rotatable bonds is 7. The lowest BCUT2D eigenvalue weighted by molar-refractivity contribution is 0.0940. The molecule has 1 fully saturated rings. The monoisotopic (exact) mass is 407 g/mol. The summed E-state index contributed by atoms with van der Waals surface area (Å²) < 4.78 is 1.89. The van der Waals surface area contributed by atoms with Crippen molar-refractivity contribution in [1.29, 1.82) is 0 Å². The van der Waals surface area contributed by atoms with Crippen molar-refractivity contribution < 1.29 is 9.90 Å². The Kier molecular flexibility index (Phi) is 8.41. The fourth-order valence-corrected chi connectivity index (χ4v) is 3.72. The molecule has 0 spiro atoms. The third-order valence-corrected chi connectivity index (χ3v) is 5.20. The fourth-order valence-electron chi connectivity index (χ4n) is 3.72. The Morgan fingerprint density at radius 2 is 2.00 bits per heavy atom. The second-order valence-electron chi connectivity index (χ2n) is 7.35. The van der Waals surface area contributed by atoms with E-state index in [-0.39, 0.29) is 24.2 Å². The summed E-state index contributed by atoms with van der Waals surface area (Å²) in [6.07, 6.45) is 2.14. The number of amides is 1. The Morgan fingerprint density at radius 3 is 2.64 bits per heavy atom. The minimum Gasteiger partial charge on any atom is -0.393 e. The highest BCUT2D eigenvalue weighted by molar-refractivity contribution is 5.93. The smallest absolute Gasteiger partial charge is 0.273 e. The van der Waals surface area contributed by atoms with E-state index in [1.54, 1.807) is 6.92 Å². The third-order valence-electron chi connectivity index (χ3n) is 5.20. The topological polar surface area (TPSA) is 92.1 Å². The van der Waals surface area contributed by atoms with Gasteiger partial charge in [-0.1, -0.05) is 35.5 Å². The van der Waals surface area contributed by atoms with E-state index >= 15 is 0 Å². The quantitative estimate of drug-likeness (QED) is 0.654. The summed E-state index contributed by atoms with van der Waals surface area (Å²) in [5.74, 6) is -0.158. The molecule has 0 saturated carbocycles. The Hall–Kier alpha value is -1.96. The largest absolute Gasteiger partial charge is 0.393 e. The summed E-state index contributed by atoms with van der Waals surface area (Å²) in [5, 5.41) is 24.5. The number of halogens is 1. The molecule has 2 unspecified atom stereocenters. The molecule has 1 saturated heterocycles. The number of nitrogens with one attached hydrogen (secondary N) is 2. The van der Waals surface area contributed by atoms with E-state index < -0.39 is 6.10 Å². The normalized spacial score (nSPS) is 16.8. The first-order chi connectivity index (χ1) is 13.1. The number of hydrogen-bond acceptors (Lipinski definition) is 5. The van der Waals surface area contributed by atoms with Crippen LogP contribution in [0.4, 0.5) is 0 Å². The average Bonchev–Trinajstić information content (AvgIpc) is 3.07. The predicted molar refractivity (Wildman–Crippen MR) is 111 cm³/mol. The van der Waals surface area contributed by atoms with Gasteiger partial charge in [-0.3, -0.25) is 4.79 Å². The molecule has 3 rings (SSSR count). The van der Waals surface area contributed by atoms with Gasteiger partial charge in [0.2, 0.25) is 0 Å². The van der Waals surface area contributed by atoms with Crippen LogP contribution in [0.25, 0.3) is 0 Å². The van der Waals surface area contributed by atoms with Gasteiger partial charge in [0.05, 0.1) is 17.8 Å². The number of aliphatic hydroxyl groups is 1. The maximum atomic E-state index is 12.7. The molecular formula is C20H30ClN5O2. The maximum Gasteiger partial charge on any atom is 0.273 e. The Labute approximate surface area is 172 Å². The first-order valence-corrected chi connectivity index (χ1v) is 9.70. The van der Waals surface area contributed by atoms with Gasteiger partial charge in [0, 0.05) is 12.5 Å². The Morgan fingerprint density at radius 1 is 1.32 bits per heavy atom. The zero-order valence-electron chi connectivity index (χ0n) is 16.5. The van der Waals surface area contributed by atoms with Crippen LogP contribution in [0.2, 0.25) is 0 Å². The fraction of sp³-hybridized carbons (Fsp3) is 0.550. The number of carbonyl (C=O) groups excluding carboxylic acids is 1. The van der Waals surface area contributed by atoms with Crippen molar-refractivity contribution in [2.24, 2.45) is 0 Å². The standard InChI is InChI=1S/C20H29N5O2.ClH/c1-14(26)12-17(16-6-4-3-5-7-16)13-22-20(27)19-15(2)25(24-23-19)18-8-10-21-11-9-18;/h3-7,14,17-18,21,26H,8-13H2,1-2H3,(H,22,27);1H. The summed E-state index contributed by atoms with van der Waals surface area (Å²) in [7, 11) is 0. The molecule has 8 heteroatoms. The number of piperidine rings is 1. The lowest BCUT2D eigenvalue weighted by atomic mass is 9.93. The van der Waals surface area contributed by atoms with Crippen LogP contribution >= 0.6 is 12.4 Å². The number of nitrogens with zero attached hydrogens (tertiary/aromatic N) is 3. The van der Waals surface area contributed by atoms with Crippen LogP contribution in [-0.4, -0.2) is 51.7 Å². The molecule has 1 aromatic carbocycles. The van der Waals surface area contributed by atoms with Gasteiger partial charge >= 0.3 is 0 Å². The van der Waals surface area contributed by atoms with E-state index in [1.165, 1.54) is 0 Å². The van der Waals surface area contributed by atoms with Gasteiger partial charge in [0.25, 0.3) is 5.91 Å². The number of aromatic nitrogens is 3. The van der Waals surface area contributed by atoms with Crippen LogP contribution in [0.15, 0.2) is 30.3 Å². The molecule has 1 amide bonds. The number of benzene rings is 1. The maximum absolute atomic E-state index is 12.7. The molecule has 0 radical (unpaired) electrons. The van der Waals surface area contributed by atoms with Crippen LogP contribution in [0, 0.1) is 6.92 Å². The zero-order valence-corrected chi connectivity index (χ0v) is 17.3. The van der Waals surface area contributed by atoms with Crippen molar-refractivity contribution in [3.8, 4) is 0 Å². The highest BCUT2D eigenvalue weighted by Gasteiger charge is 2.23. The van der Waals surface area contributed by atoms with Crippen molar-refractivity contribution in [2.45, 2.75) is 51.2 Å². The van der Waals surface area contributed by atoms with Crippen molar-refractivity contribution in [3.63, 3.8) is 0 Å². The van der Waals surface area contributed by atoms with Gasteiger partial charge in [-0.2, -0.15) is 0 Å². The van der Waals surface area contributed by atoms with Gasteiger partial charge < -0.3 is 15.7 Å². The van der Waals surface area contributed by atoms with Gasteiger partial charge in [-0.25, -0.2) is 4.68 Å². The van der Waals surface area contributed by atoms with Gasteiger partial charge in [-0.05, 0) is 51.8 Å². The van der Waals surface area contributed by atoms with E-state index in [0.29, 0.717) is 24.7 Å². The van der Waals surface area contributed by atoms with Gasteiger partial charge in [-0.15, -0.1) is 17.5 Å². The van der Waals surface area contributed by atoms with Crippen LogP contribution in [0.5, 0.6) is 0 Å². The third kappa shape index (κ3) is 5.53. The van der Waals surface area contributed by atoms with Crippen molar-refractivity contribution in [2.75, 3.05) is 19.6 Å². The second kappa shape index (κ2) is 10.5. The van der Waals surface area contributed by atoms with E-state index in [9.17, 15) is 9.90 Å². The summed E-state index contributed by atoms with van der Waals surface area (Å²) in [4.78, 5) is 12.7. The molecule has 2 aromatic rings. The van der Waals surface area contributed by atoms with Crippen LogP contribution in [-0.2, 0) is 0 Å². The van der Waals surface area contributed by atoms with Gasteiger partial charge in [0.1, 0.15) is 0 Å². The van der Waals surface area contributed by atoms with Gasteiger partial charge in [0.15, 0.2) is 5.69 Å². The van der Waals surface area contributed by atoms with Crippen molar-refractivity contribution >= 4 is 18.3 Å². The molecule has 154 valence electrons. The van der Waals surface area contributed by atoms with E-state index in [1.807, 2.05) is 41.9 Å². The molecule has 7 nitrogen and oxygen atoms in total. The number of aliphatic hydroxyl groups excluding tert-OH is 1. The van der Waals surface area contributed by atoms with E-state index in [0.717, 1.165) is 37.2 Å². The summed E-state index contributed by atoms with van der Waals surface area (Å²) in [6.45, 7) is 6.05. The second-order valence-corrected chi connectivity index (χ2v) is 7.35. The molecule has 3 N–H and O–H groups in total. The predicted octanol–water partition coefficient (Wildman–Crippen LogP) is 2.22. The molecule has 1 aliphatic rings. The Bertz CT molecular complexity index is 744. The molecule has 0 aliphatic carbocycles. The number of hydrogen-bond donors (Lipinski definition) is 3. The zero-order chi connectivity index (χ0) is 19.2. The van der Waals surface area contributed by atoms with Crippen LogP contribution in [0.3, 0.4) is 0 Å². The first-order valence-electron chi connectivity index (χ1n) is 9.70. The van der Waals surface area contributed by atoms with Crippen molar-refractivity contribution in [3.05, 3.63) is 47.3 Å². The molecule has 28 heavy (non-hydrogen) atoms. The van der Waals surface area contributed by atoms with Crippen molar-refractivity contribution in [1.82, 2.24) is 25.6 Å². The highest BCUT2D eigenvalue weighted by atomic mass is 35.5. The molecule has 1 aliphatic heterocycles. The molecule has 1 aromatic heterocycles. The summed E-state index contributed by atoms with van der Waals surface area (Å²) in [6, 6.07) is 10.3. The molecule has 0 bridgehead atoms. The van der Waals surface area contributed by atoms with E-state index in [4.69, 9.17) is 0 Å². The minimum atomic E-state index is -0.436. The average molecular weight is 408 g/mol. The van der Waals surface area contributed by atoms with E-state index in [2.05, 4.69) is 20.9 Å². The SMILES string of the molecule is Cc1c(C(=O)NCC(CC(C)O)c2ccccc2)nnn1C1CCNCC1.Cl.